The van der Waals surface area contributed by atoms with E-state index in [1.807, 2.05) is 19.9 Å². The highest BCUT2D eigenvalue weighted by Gasteiger charge is 2.18. The average molecular weight is 491 g/mol. The molecule has 166 valence electrons. The Hall–Kier alpha value is -2.81. The van der Waals surface area contributed by atoms with Crippen molar-refractivity contribution in [3.05, 3.63) is 57.3 Å². The normalized spacial score (nSPS) is 11.1. The molecule has 0 unspecified atom stereocenters. The molecular formula is C22H20Cl2N4O3S. The molecule has 4 aromatic rings. The average Bonchev–Trinajstić information content (AvgIpc) is 3.33. The van der Waals surface area contributed by atoms with E-state index in [-0.39, 0.29) is 4.88 Å². The number of hydrogen-bond acceptors (Lipinski definition) is 6. The third kappa shape index (κ3) is 4.39. The Labute approximate surface area is 198 Å². The minimum Gasteiger partial charge on any atom is -0.492 e. The SMILES string of the molecule is CCOc1cc(-c2cc(NCCn3c(C)cc4ccc(Cl)c(Cl)c43)ncn2)sc1C(=O)O. The number of aromatic nitrogens is 3. The van der Waals surface area contributed by atoms with Crippen LogP contribution in [0.2, 0.25) is 10.0 Å². The smallest absolute Gasteiger partial charge is 0.349 e. The summed E-state index contributed by atoms with van der Waals surface area (Å²) in [7, 11) is 0. The first-order valence-corrected chi connectivity index (χ1v) is 11.5. The highest BCUT2D eigenvalue weighted by atomic mass is 35.5. The number of rotatable bonds is 8. The number of anilines is 1. The number of carboxylic acid groups (broad SMARTS) is 1. The minimum absolute atomic E-state index is 0.153. The van der Waals surface area contributed by atoms with Crippen LogP contribution in [0.15, 0.2) is 36.7 Å². The van der Waals surface area contributed by atoms with Crippen LogP contribution >= 0.6 is 34.5 Å². The van der Waals surface area contributed by atoms with Gasteiger partial charge in [-0.05, 0) is 26.0 Å². The highest BCUT2D eigenvalue weighted by Crippen LogP contribution is 2.36. The van der Waals surface area contributed by atoms with Gasteiger partial charge in [0, 0.05) is 36.3 Å². The standard InChI is InChI=1S/C22H20Cl2N4O3S/c1-3-31-16-10-17(32-21(16)22(29)30)15-9-18(27-11-26-15)25-6-7-28-12(2)8-13-4-5-14(23)19(24)20(13)28/h4-5,8-11H,3,6-7H2,1-2H3,(H,29,30)(H,25,26,27). The van der Waals surface area contributed by atoms with Crippen LogP contribution in [0.4, 0.5) is 5.82 Å². The quantitative estimate of drug-likeness (QED) is 0.315. The van der Waals surface area contributed by atoms with Crippen molar-refractivity contribution < 1.29 is 14.6 Å². The van der Waals surface area contributed by atoms with Crippen LogP contribution in [-0.2, 0) is 6.54 Å². The van der Waals surface area contributed by atoms with Gasteiger partial charge in [0.15, 0.2) is 4.88 Å². The van der Waals surface area contributed by atoms with Gasteiger partial charge in [-0.1, -0.05) is 29.3 Å². The lowest BCUT2D eigenvalue weighted by Crippen LogP contribution is -2.12. The summed E-state index contributed by atoms with van der Waals surface area (Å²) in [5.41, 5.74) is 2.61. The van der Waals surface area contributed by atoms with Gasteiger partial charge in [-0.3, -0.25) is 0 Å². The Bertz CT molecular complexity index is 1300. The maximum Gasteiger partial charge on any atom is 0.349 e. The van der Waals surface area contributed by atoms with Crippen LogP contribution in [0.25, 0.3) is 21.5 Å². The number of nitrogens with zero attached hydrogens (tertiary/aromatic N) is 3. The van der Waals surface area contributed by atoms with Gasteiger partial charge in [0.05, 0.1) is 32.7 Å². The molecule has 0 amide bonds. The molecule has 10 heteroatoms. The molecule has 0 saturated carbocycles. The first kappa shape index (κ1) is 22.4. The van der Waals surface area contributed by atoms with E-state index in [0.717, 1.165) is 27.9 Å². The zero-order valence-corrected chi connectivity index (χ0v) is 19.7. The molecule has 0 atom stereocenters. The molecule has 0 fully saturated rings. The van der Waals surface area contributed by atoms with Crippen LogP contribution < -0.4 is 10.1 Å². The summed E-state index contributed by atoms with van der Waals surface area (Å²) in [5.74, 6) is -0.0414. The van der Waals surface area contributed by atoms with Crippen molar-refractivity contribution in [2.75, 3.05) is 18.5 Å². The van der Waals surface area contributed by atoms with Gasteiger partial charge >= 0.3 is 5.97 Å². The second-order valence-electron chi connectivity index (χ2n) is 6.99. The van der Waals surface area contributed by atoms with Crippen molar-refractivity contribution >= 4 is 57.2 Å². The monoisotopic (exact) mass is 490 g/mol. The van der Waals surface area contributed by atoms with E-state index in [2.05, 4.69) is 25.9 Å². The van der Waals surface area contributed by atoms with Crippen LogP contribution in [-0.4, -0.2) is 38.8 Å². The molecule has 0 saturated heterocycles. The Morgan fingerprint density at radius 3 is 2.81 bits per heavy atom. The van der Waals surface area contributed by atoms with Gasteiger partial charge in [-0.25, -0.2) is 14.8 Å². The fourth-order valence-corrected chi connectivity index (χ4v) is 4.84. The van der Waals surface area contributed by atoms with Crippen molar-refractivity contribution in [1.82, 2.24) is 14.5 Å². The third-order valence-corrected chi connectivity index (χ3v) is 6.83. The third-order valence-electron chi connectivity index (χ3n) is 4.91. The van der Waals surface area contributed by atoms with Gasteiger partial charge in [0.25, 0.3) is 0 Å². The Morgan fingerprint density at radius 1 is 1.25 bits per heavy atom. The van der Waals surface area contributed by atoms with Gasteiger partial charge in [0.1, 0.15) is 17.9 Å². The number of carboxylic acids is 1. The first-order valence-electron chi connectivity index (χ1n) is 9.89. The zero-order valence-electron chi connectivity index (χ0n) is 17.4. The molecule has 0 aliphatic heterocycles. The number of halogens is 2. The molecule has 3 aromatic heterocycles. The number of aromatic carboxylic acids is 1. The molecule has 32 heavy (non-hydrogen) atoms. The van der Waals surface area contributed by atoms with Gasteiger partial charge < -0.3 is 19.7 Å². The fraction of sp³-hybridized carbons (Fsp3) is 0.227. The van der Waals surface area contributed by atoms with Crippen molar-refractivity contribution in [2.24, 2.45) is 0 Å². The maximum atomic E-state index is 11.5. The highest BCUT2D eigenvalue weighted by molar-refractivity contribution is 7.17. The van der Waals surface area contributed by atoms with Crippen LogP contribution in [0.3, 0.4) is 0 Å². The van der Waals surface area contributed by atoms with Crippen molar-refractivity contribution in [2.45, 2.75) is 20.4 Å². The van der Waals surface area contributed by atoms with E-state index in [0.29, 0.717) is 51.9 Å². The largest absolute Gasteiger partial charge is 0.492 e. The molecule has 1 aromatic carbocycles. The van der Waals surface area contributed by atoms with Crippen LogP contribution in [0, 0.1) is 6.92 Å². The van der Waals surface area contributed by atoms with E-state index in [1.54, 1.807) is 18.2 Å². The lowest BCUT2D eigenvalue weighted by molar-refractivity contribution is 0.0698. The summed E-state index contributed by atoms with van der Waals surface area (Å²) >= 11 is 13.8. The maximum absolute atomic E-state index is 11.5. The van der Waals surface area contributed by atoms with E-state index >= 15 is 0 Å². The van der Waals surface area contributed by atoms with Crippen LogP contribution in [0.5, 0.6) is 5.75 Å². The summed E-state index contributed by atoms with van der Waals surface area (Å²) in [6.45, 7) is 5.48. The lowest BCUT2D eigenvalue weighted by Gasteiger charge is -2.11. The van der Waals surface area contributed by atoms with E-state index in [1.165, 1.54) is 6.33 Å². The Balaban J connectivity index is 1.52. The molecule has 0 aliphatic rings. The summed E-state index contributed by atoms with van der Waals surface area (Å²) in [6.07, 6.45) is 1.45. The number of aryl methyl sites for hydroxylation is 1. The number of benzene rings is 1. The number of nitrogens with one attached hydrogen (secondary N) is 1. The molecule has 7 nitrogen and oxygen atoms in total. The predicted octanol–water partition coefficient (Wildman–Crippen LogP) is 5.98. The summed E-state index contributed by atoms with van der Waals surface area (Å²) < 4.78 is 7.57. The van der Waals surface area contributed by atoms with E-state index in [4.69, 9.17) is 27.9 Å². The van der Waals surface area contributed by atoms with E-state index < -0.39 is 5.97 Å². The Kier molecular flexibility index (Phi) is 6.55. The predicted molar refractivity (Wildman–Crippen MR) is 129 cm³/mol. The van der Waals surface area contributed by atoms with Crippen molar-refractivity contribution in [3.63, 3.8) is 0 Å². The van der Waals surface area contributed by atoms with Gasteiger partial charge in [-0.2, -0.15) is 0 Å². The lowest BCUT2D eigenvalue weighted by atomic mass is 10.2. The number of ether oxygens (including phenoxy) is 1. The minimum atomic E-state index is -1.02. The molecule has 0 aliphatic carbocycles. The molecule has 4 rings (SSSR count). The molecule has 0 radical (unpaired) electrons. The summed E-state index contributed by atoms with van der Waals surface area (Å²) in [5, 5.41) is 14.8. The van der Waals surface area contributed by atoms with Crippen molar-refractivity contribution in [3.8, 4) is 16.3 Å². The summed E-state index contributed by atoms with van der Waals surface area (Å²) in [6, 6.07) is 9.32. The van der Waals surface area contributed by atoms with Crippen LogP contribution in [0.1, 0.15) is 22.3 Å². The molecule has 3 heterocycles. The van der Waals surface area contributed by atoms with Crippen molar-refractivity contribution in [1.29, 1.82) is 0 Å². The number of thiophene rings is 1. The second kappa shape index (κ2) is 9.36. The number of hydrogen-bond donors (Lipinski definition) is 2. The molecule has 0 bridgehead atoms. The molecule has 0 spiro atoms. The number of fused-ring (bicyclic) bond motifs is 1. The fourth-order valence-electron chi connectivity index (χ4n) is 3.51. The van der Waals surface area contributed by atoms with E-state index in [9.17, 15) is 9.90 Å². The second-order valence-corrected chi connectivity index (χ2v) is 8.83. The Morgan fingerprint density at radius 2 is 2.06 bits per heavy atom. The molecule has 2 N–H and O–H groups in total. The first-order chi connectivity index (χ1) is 15.4. The zero-order chi connectivity index (χ0) is 22.8. The van der Waals surface area contributed by atoms with Gasteiger partial charge in [-0.15, -0.1) is 11.3 Å². The molecular weight excluding hydrogens is 471 g/mol. The summed E-state index contributed by atoms with van der Waals surface area (Å²) in [4.78, 5) is 20.9. The topological polar surface area (TPSA) is 89.3 Å². The number of carbonyl (C=O) groups is 1. The van der Waals surface area contributed by atoms with Gasteiger partial charge in [0.2, 0.25) is 0 Å².